The van der Waals surface area contributed by atoms with Crippen LogP contribution in [-0.4, -0.2) is 34.1 Å². The van der Waals surface area contributed by atoms with E-state index in [2.05, 4.69) is 56.3 Å². The van der Waals surface area contributed by atoms with Gasteiger partial charge < -0.3 is 10.6 Å². The summed E-state index contributed by atoms with van der Waals surface area (Å²) in [6.45, 7) is 5.21. The number of rotatable bonds is 31. The number of carbonyl (C=O) groups excluding carboxylic acids is 2. The zero-order valence-corrected chi connectivity index (χ0v) is 32.2. The number of carbonyl (C=O) groups is 2. The second kappa shape index (κ2) is 30.5. The lowest BCUT2D eigenvalue weighted by molar-refractivity contribution is -0.129. The number of amides is 2. The Morgan fingerprint density at radius 1 is 0.600 bits per heavy atom. The van der Waals surface area contributed by atoms with E-state index in [0.717, 1.165) is 37.7 Å². The Kier molecular flexibility index (Phi) is 28.5. The number of hydrogen-bond acceptors (Lipinski definition) is 2. The molecule has 1 aromatic carbocycles. The van der Waals surface area contributed by atoms with E-state index in [-0.39, 0.29) is 11.8 Å². The molecule has 2 amide bonds. The molecule has 0 heterocycles. The molecule has 0 aromatic heterocycles. The van der Waals surface area contributed by atoms with E-state index in [1.165, 1.54) is 116 Å². The lowest BCUT2D eigenvalue weighted by Gasteiger charge is -2.19. The maximum absolute atomic E-state index is 13.1. The van der Waals surface area contributed by atoms with Crippen molar-refractivity contribution in [1.82, 2.24) is 10.6 Å². The maximum atomic E-state index is 13.1. The van der Waals surface area contributed by atoms with Crippen molar-refractivity contribution in [1.29, 1.82) is 0 Å². The Labute approximate surface area is 295 Å². The zero-order chi connectivity index (χ0) is 32.8. The molecule has 0 saturated heterocycles. The molecular weight excluding hydrogens is 688 g/mol. The van der Waals surface area contributed by atoms with Crippen molar-refractivity contribution in [2.45, 2.75) is 190 Å². The van der Waals surface area contributed by atoms with Gasteiger partial charge in [0.1, 0.15) is 6.04 Å². The predicted octanol–water partition coefficient (Wildman–Crippen LogP) is 11.8. The highest BCUT2D eigenvalue weighted by Gasteiger charge is 2.21. The first-order chi connectivity index (χ1) is 22.0. The highest BCUT2D eigenvalue weighted by Crippen LogP contribution is 2.25. The smallest absolute Gasteiger partial charge is 0.242 e. The fraction of sp³-hybridized carbons (Fsp3) is 0.795. The third-order valence-electron chi connectivity index (χ3n) is 8.87. The summed E-state index contributed by atoms with van der Waals surface area (Å²) in [6.07, 6.45) is 29.9. The summed E-state index contributed by atoms with van der Waals surface area (Å²) in [6, 6.07) is 9.49. The van der Waals surface area contributed by atoms with Crippen molar-refractivity contribution >= 4 is 43.7 Å². The average Bonchev–Trinajstić information content (AvgIpc) is 3.04. The minimum absolute atomic E-state index is 0.0117. The van der Waals surface area contributed by atoms with Gasteiger partial charge in [-0.15, -0.1) is 0 Å². The van der Waals surface area contributed by atoms with E-state index in [1.54, 1.807) is 0 Å². The number of alkyl halides is 2. The third kappa shape index (κ3) is 24.9. The third-order valence-corrected chi connectivity index (χ3v) is 11.8. The zero-order valence-electron chi connectivity index (χ0n) is 29.1. The number of hydrogen-bond donors (Lipinski definition) is 2. The maximum Gasteiger partial charge on any atom is 0.242 e. The monoisotopic (exact) mass is 754 g/mol. The molecule has 0 fully saturated rings. The van der Waals surface area contributed by atoms with Crippen molar-refractivity contribution in [3.05, 3.63) is 35.9 Å². The molecule has 0 bridgehead atoms. The number of benzene rings is 1. The van der Waals surface area contributed by atoms with E-state index < -0.39 is 6.04 Å². The lowest BCUT2D eigenvalue weighted by Crippen LogP contribution is -2.48. The first-order valence-electron chi connectivity index (χ1n) is 18.9. The quantitative estimate of drug-likeness (QED) is 0.0585. The molecular formula is C39H68Br2N2O2. The summed E-state index contributed by atoms with van der Waals surface area (Å²) in [7, 11) is 0. The molecule has 3 atom stereocenters. The van der Waals surface area contributed by atoms with Gasteiger partial charge in [0.05, 0.1) is 0 Å². The summed E-state index contributed by atoms with van der Waals surface area (Å²) < 4.78 is 0. The topological polar surface area (TPSA) is 58.2 Å². The van der Waals surface area contributed by atoms with E-state index in [1.807, 2.05) is 30.3 Å². The molecule has 0 aliphatic rings. The summed E-state index contributed by atoms with van der Waals surface area (Å²) in [5.74, 6) is -0.0728. The fourth-order valence-electron chi connectivity index (χ4n) is 5.91. The Hall–Kier alpha value is -0.880. The highest BCUT2D eigenvalue weighted by molar-refractivity contribution is 9.12. The number of nitrogens with one attached hydrogen (secondary N) is 2. The largest absolute Gasteiger partial charge is 0.354 e. The SMILES string of the molecule is CCCCCCCCCCCCNC(=O)[C@H](Cc1ccccc1)NC(=O)CCCCCCCC(Br)C(Br)CCCCCCCC. The van der Waals surface area contributed by atoms with E-state index in [0.29, 0.717) is 29.0 Å². The summed E-state index contributed by atoms with van der Waals surface area (Å²) >= 11 is 7.81. The fourth-order valence-corrected chi connectivity index (χ4v) is 7.09. The average molecular weight is 757 g/mol. The standard InChI is InChI=1S/C39H68Br2N2O2/c1-3-5-7-9-11-12-13-14-19-26-32-42-39(45)37(33-34-27-21-20-22-28-34)43-38(44)31-25-18-15-17-24-30-36(41)35(40)29-23-16-10-8-6-4-2/h20-22,27-28,35-37H,3-19,23-26,29-33H2,1-2H3,(H,42,45)(H,43,44)/t35?,36?,37-/m0/s1. The van der Waals surface area contributed by atoms with Crippen LogP contribution in [-0.2, 0) is 16.0 Å². The van der Waals surface area contributed by atoms with Gasteiger partial charge in [-0.3, -0.25) is 9.59 Å². The van der Waals surface area contributed by atoms with Crippen molar-refractivity contribution < 1.29 is 9.59 Å². The molecule has 2 N–H and O–H groups in total. The minimum Gasteiger partial charge on any atom is -0.354 e. The van der Waals surface area contributed by atoms with Crippen LogP contribution in [0.4, 0.5) is 0 Å². The van der Waals surface area contributed by atoms with Crippen LogP contribution in [0, 0.1) is 0 Å². The molecule has 0 saturated carbocycles. The molecule has 0 spiro atoms. The van der Waals surface area contributed by atoms with Gasteiger partial charge in [-0.25, -0.2) is 0 Å². The van der Waals surface area contributed by atoms with Crippen LogP contribution in [0.25, 0.3) is 0 Å². The Balaban J connectivity index is 2.23. The van der Waals surface area contributed by atoms with Crippen LogP contribution >= 0.6 is 31.9 Å². The van der Waals surface area contributed by atoms with Gasteiger partial charge in [-0.1, -0.05) is 198 Å². The van der Waals surface area contributed by atoms with E-state index in [9.17, 15) is 9.59 Å². The molecule has 1 rings (SSSR count). The summed E-state index contributed by atoms with van der Waals surface area (Å²) in [5.41, 5.74) is 1.07. The van der Waals surface area contributed by atoms with Crippen molar-refractivity contribution in [2.75, 3.05) is 6.54 Å². The van der Waals surface area contributed by atoms with Gasteiger partial charge in [0.25, 0.3) is 0 Å². The Bertz CT molecular complexity index is 823. The van der Waals surface area contributed by atoms with E-state index in [4.69, 9.17) is 0 Å². The van der Waals surface area contributed by atoms with Crippen LogP contribution in [0.5, 0.6) is 0 Å². The normalized spacial score (nSPS) is 13.3. The van der Waals surface area contributed by atoms with Gasteiger partial charge in [0.2, 0.25) is 11.8 Å². The van der Waals surface area contributed by atoms with Crippen LogP contribution in [0.3, 0.4) is 0 Å². The van der Waals surface area contributed by atoms with Crippen molar-refractivity contribution in [3.8, 4) is 0 Å². The van der Waals surface area contributed by atoms with Gasteiger partial charge in [0.15, 0.2) is 0 Å². The van der Waals surface area contributed by atoms with Gasteiger partial charge in [0, 0.05) is 29.0 Å². The predicted molar refractivity (Wildman–Crippen MR) is 203 cm³/mol. The number of unbranched alkanes of at least 4 members (excludes halogenated alkanes) is 18. The van der Waals surface area contributed by atoms with Gasteiger partial charge >= 0.3 is 0 Å². The summed E-state index contributed by atoms with van der Waals surface area (Å²) in [5, 5.41) is 6.15. The van der Waals surface area contributed by atoms with Crippen molar-refractivity contribution in [3.63, 3.8) is 0 Å². The molecule has 1 aromatic rings. The van der Waals surface area contributed by atoms with Crippen molar-refractivity contribution in [2.24, 2.45) is 0 Å². The molecule has 45 heavy (non-hydrogen) atoms. The Morgan fingerprint density at radius 2 is 1.04 bits per heavy atom. The Morgan fingerprint density at radius 3 is 1.56 bits per heavy atom. The minimum atomic E-state index is -0.521. The molecule has 0 aliphatic carbocycles. The van der Waals surface area contributed by atoms with Crippen LogP contribution < -0.4 is 10.6 Å². The molecule has 4 nitrogen and oxygen atoms in total. The molecule has 260 valence electrons. The summed E-state index contributed by atoms with van der Waals surface area (Å²) in [4.78, 5) is 27.0. The van der Waals surface area contributed by atoms with Crippen LogP contribution in [0.2, 0.25) is 0 Å². The lowest BCUT2D eigenvalue weighted by atomic mass is 10.0. The van der Waals surface area contributed by atoms with Gasteiger partial charge in [-0.2, -0.15) is 0 Å². The first-order valence-corrected chi connectivity index (χ1v) is 20.7. The molecule has 2 unspecified atom stereocenters. The van der Waals surface area contributed by atoms with E-state index >= 15 is 0 Å². The van der Waals surface area contributed by atoms with Crippen LogP contribution in [0.15, 0.2) is 30.3 Å². The van der Waals surface area contributed by atoms with Gasteiger partial charge in [-0.05, 0) is 31.2 Å². The molecule has 6 heteroatoms. The molecule has 0 radical (unpaired) electrons. The first kappa shape index (κ1) is 42.1. The highest BCUT2D eigenvalue weighted by atomic mass is 79.9. The second-order valence-electron chi connectivity index (χ2n) is 13.2. The van der Waals surface area contributed by atoms with Crippen LogP contribution in [0.1, 0.15) is 174 Å². The molecule has 0 aliphatic heterocycles. The second-order valence-corrected chi connectivity index (χ2v) is 15.5. The number of halogens is 2.